The van der Waals surface area contributed by atoms with Crippen molar-refractivity contribution in [1.29, 1.82) is 0 Å². The van der Waals surface area contributed by atoms with Crippen LogP contribution in [0, 0.1) is 0 Å². The minimum atomic E-state index is -1.06. The van der Waals surface area contributed by atoms with Crippen LogP contribution in [-0.2, 0) is 4.79 Å². The molecule has 1 heterocycles. The molecular formula is C17H12O5. The number of phenolic OH excluding ortho intramolecular Hbond substituents is 2. The van der Waals surface area contributed by atoms with Crippen LogP contribution < -0.4 is 0 Å². The highest BCUT2D eigenvalue weighted by atomic mass is 16.4. The van der Waals surface area contributed by atoms with Gasteiger partial charge in [-0.25, -0.2) is 4.79 Å². The SMILES string of the molecule is O=C(O)/C=C/c1cc(O)c2oc(-c3cccc(O)c3)cc2c1. The summed E-state index contributed by atoms with van der Waals surface area (Å²) >= 11 is 0. The normalized spacial score (nSPS) is 11.3. The predicted molar refractivity (Wildman–Crippen MR) is 81.6 cm³/mol. The Morgan fingerprint density at radius 1 is 1.09 bits per heavy atom. The molecule has 0 unspecified atom stereocenters. The molecule has 3 N–H and O–H groups in total. The monoisotopic (exact) mass is 296 g/mol. The second-order valence-corrected chi connectivity index (χ2v) is 4.79. The number of fused-ring (bicyclic) bond motifs is 1. The van der Waals surface area contributed by atoms with Gasteiger partial charge in [0, 0.05) is 17.0 Å². The summed E-state index contributed by atoms with van der Waals surface area (Å²) in [5, 5.41) is 28.8. The van der Waals surface area contributed by atoms with Gasteiger partial charge in [0.2, 0.25) is 0 Å². The first-order chi connectivity index (χ1) is 10.5. The molecule has 5 heteroatoms. The maximum Gasteiger partial charge on any atom is 0.328 e. The Labute approximate surface area is 125 Å². The number of carboxylic acids is 1. The van der Waals surface area contributed by atoms with E-state index in [-0.39, 0.29) is 11.5 Å². The van der Waals surface area contributed by atoms with E-state index >= 15 is 0 Å². The first kappa shape index (κ1) is 13.8. The molecule has 0 saturated carbocycles. The van der Waals surface area contributed by atoms with E-state index in [9.17, 15) is 15.0 Å². The van der Waals surface area contributed by atoms with E-state index in [0.717, 1.165) is 6.08 Å². The predicted octanol–water partition coefficient (Wildman–Crippen LogP) is 3.61. The number of hydrogen-bond donors (Lipinski definition) is 3. The Kier molecular flexibility index (Phi) is 3.31. The smallest absolute Gasteiger partial charge is 0.328 e. The molecule has 0 radical (unpaired) electrons. The van der Waals surface area contributed by atoms with E-state index < -0.39 is 5.97 Å². The molecule has 0 aliphatic rings. The van der Waals surface area contributed by atoms with Crippen molar-refractivity contribution in [2.75, 3.05) is 0 Å². The van der Waals surface area contributed by atoms with Gasteiger partial charge in [-0.05, 0) is 42.0 Å². The molecule has 3 aromatic rings. The highest BCUT2D eigenvalue weighted by molar-refractivity contribution is 5.91. The molecule has 1 aromatic heterocycles. The molecule has 22 heavy (non-hydrogen) atoms. The quantitative estimate of drug-likeness (QED) is 0.642. The molecule has 0 bridgehead atoms. The third-order valence-corrected chi connectivity index (χ3v) is 3.17. The van der Waals surface area contributed by atoms with Gasteiger partial charge in [0.15, 0.2) is 11.3 Å². The lowest BCUT2D eigenvalue weighted by Crippen LogP contribution is -1.85. The second kappa shape index (κ2) is 5.29. The number of hydrogen-bond acceptors (Lipinski definition) is 4. The standard InChI is InChI=1S/C17H12O5/c18-13-3-1-2-11(8-13)15-9-12-6-10(4-5-16(20)21)7-14(19)17(12)22-15/h1-9,18-19H,(H,20,21)/b5-4+. The van der Waals surface area contributed by atoms with Crippen LogP contribution in [0.4, 0.5) is 0 Å². The molecule has 2 aromatic carbocycles. The minimum Gasteiger partial charge on any atom is -0.508 e. The summed E-state index contributed by atoms with van der Waals surface area (Å²) in [5.41, 5.74) is 1.54. The lowest BCUT2D eigenvalue weighted by atomic mass is 10.1. The average Bonchev–Trinajstić information content (AvgIpc) is 2.90. The van der Waals surface area contributed by atoms with Crippen LogP contribution in [0.3, 0.4) is 0 Å². The third kappa shape index (κ3) is 2.64. The lowest BCUT2D eigenvalue weighted by molar-refractivity contribution is -0.131. The number of furan rings is 1. The number of benzene rings is 2. The maximum absolute atomic E-state index is 10.6. The Hall–Kier alpha value is -3.21. The Bertz CT molecular complexity index is 889. The Morgan fingerprint density at radius 3 is 2.64 bits per heavy atom. The van der Waals surface area contributed by atoms with Crippen molar-refractivity contribution < 1.29 is 24.5 Å². The Balaban J connectivity index is 2.09. The molecular weight excluding hydrogens is 284 g/mol. The summed E-state index contributed by atoms with van der Waals surface area (Å²) < 4.78 is 5.62. The molecule has 0 saturated heterocycles. The van der Waals surface area contributed by atoms with Crippen molar-refractivity contribution in [2.24, 2.45) is 0 Å². The summed E-state index contributed by atoms with van der Waals surface area (Å²) in [6.07, 6.45) is 2.39. The van der Waals surface area contributed by atoms with Gasteiger partial charge in [0.1, 0.15) is 11.5 Å². The molecule has 0 spiro atoms. The molecule has 0 aliphatic heterocycles. The number of aromatic hydroxyl groups is 2. The van der Waals surface area contributed by atoms with Gasteiger partial charge < -0.3 is 19.7 Å². The number of carbonyl (C=O) groups is 1. The molecule has 110 valence electrons. The fraction of sp³-hybridized carbons (Fsp3) is 0. The molecule has 0 amide bonds. The first-order valence-electron chi connectivity index (χ1n) is 6.50. The van der Waals surface area contributed by atoms with Crippen LogP contribution in [0.15, 0.2) is 53.0 Å². The maximum atomic E-state index is 10.6. The van der Waals surface area contributed by atoms with Gasteiger partial charge in [0.05, 0.1) is 0 Å². The first-order valence-corrected chi connectivity index (χ1v) is 6.50. The number of rotatable bonds is 3. The zero-order valence-electron chi connectivity index (χ0n) is 11.4. The van der Waals surface area contributed by atoms with Crippen LogP contribution in [0.5, 0.6) is 11.5 Å². The largest absolute Gasteiger partial charge is 0.508 e. The second-order valence-electron chi connectivity index (χ2n) is 4.79. The third-order valence-electron chi connectivity index (χ3n) is 3.17. The summed E-state index contributed by atoms with van der Waals surface area (Å²) in [5.74, 6) is -0.519. The topological polar surface area (TPSA) is 90.9 Å². The van der Waals surface area contributed by atoms with Crippen molar-refractivity contribution in [2.45, 2.75) is 0 Å². The van der Waals surface area contributed by atoms with Crippen molar-refractivity contribution in [3.63, 3.8) is 0 Å². The molecule has 5 nitrogen and oxygen atoms in total. The van der Waals surface area contributed by atoms with Crippen LogP contribution >= 0.6 is 0 Å². The van der Waals surface area contributed by atoms with Gasteiger partial charge in [-0.2, -0.15) is 0 Å². The summed E-state index contributed by atoms with van der Waals surface area (Å²) in [7, 11) is 0. The zero-order chi connectivity index (χ0) is 15.7. The van der Waals surface area contributed by atoms with E-state index in [0.29, 0.717) is 27.9 Å². The van der Waals surface area contributed by atoms with Crippen LogP contribution in [0.2, 0.25) is 0 Å². The zero-order valence-corrected chi connectivity index (χ0v) is 11.4. The van der Waals surface area contributed by atoms with E-state index in [1.165, 1.54) is 12.1 Å². The van der Waals surface area contributed by atoms with E-state index in [2.05, 4.69) is 0 Å². The van der Waals surface area contributed by atoms with E-state index in [1.54, 1.807) is 36.4 Å². The van der Waals surface area contributed by atoms with Crippen molar-refractivity contribution in [3.8, 4) is 22.8 Å². The summed E-state index contributed by atoms with van der Waals surface area (Å²) in [6, 6.07) is 11.4. The number of aliphatic carboxylic acids is 1. The van der Waals surface area contributed by atoms with Crippen molar-refractivity contribution in [1.82, 2.24) is 0 Å². The molecule has 0 aliphatic carbocycles. The van der Waals surface area contributed by atoms with Gasteiger partial charge in [0.25, 0.3) is 0 Å². The molecule has 0 fully saturated rings. The highest BCUT2D eigenvalue weighted by Crippen LogP contribution is 2.35. The van der Waals surface area contributed by atoms with E-state index in [4.69, 9.17) is 9.52 Å². The Morgan fingerprint density at radius 2 is 1.91 bits per heavy atom. The fourth-order valence-electron chi connectivity index (χ4n) is 2.22. The minimum absolute atomic E-state index is 0.0751. The van der Waals surface area contributed by atoms with Crippen LogP contribution in [0.1, 0.15) is 5.56 Å². The fourth-order valence-corrected chi connectivity index (χ4v) is 2.22. The highest BCUT2D eigenvalue weighted by Gasteiger charge is 2.11. The van der Waals surface area contributed by atoms with Crippen molar-refractivity contribution >= 4 is 23.0 Å². The van der Waals surface area contributed by atoms with E-state index in [1.807, 2.05) is 0 Å². The summed E-state index contributed by atoms with van der Waals surface area (Å²) in [6.45, 7) is 0. The lowest BCUT2D eigenvalue weighted by Gasteiger charge is -1.98. The number of phenols is 2. The van der Waals surface area contributed by atoms with Gasteiger partial charge >= 0.3 is 5.97 Å². The van der Waals surface area contributed by atoms with Crippen LogP contribution in [-0.4, -0.2) is 21.3 Å². The van der Waals surface area contributed by atoms with Crippen LogP contribution in [0.25, 0.3) is 28.4 Å². The van der Waals surface area contributed by atoms with Gasteiger partial charge in [-0.15, -0.1) is 0 Å². The molecule has 3 rings (SSSR count). The average molecular weight is 296 g/mol. The van der Waals surface area contributed by atoms with Gasteiger partial charge in [-0.1, -0.05) is 12.1 Å². The number of carboxylic acid groups (broad SMARTS) is 1. The molecule has 0 atom stereocenters. The van der Waals surface area contributed by atoms with Gasteiger partial charge in [-0.3, -0.25) is 0 Å². The van der Waals surface area contributed by atoms with Crippen molar-refractivity contribution in [3.05, 3.63) is 54.1 Å². The summed E-state index contributed by atoms with van der Waals surface area (Å²) in [4.78, 5) is 10.6.